The zero-order valence-electron chi connectivity index (χ0n) is 14.2. The van der Waals surface area contributed by atoms with Gasteiger partial charge in [0.25, 0.3) is 5.91 Å². The Balaban J connectivity index is 1.44. The molecule has 5 heteroatoms. The lowest BCUT2D eigenvalue weighted by atomic mass is 10.1. The van der Waals surface area contributed by atoms with Gasteiger partial charge in [0.2, 0.25) is 0 Å². The predicted molar refractivity (Wildman–Crippen MR) is 92.0 cm³/mol. The maximum Gasteiger partial charge on any atom is 0.253 e. The topological polar surface area (TPSA) is 42.0 Å². The Morgan fingerprint density at radius 3 is 3.04 bits per heavy atom. The van der Waals surface area contributed by atoms with E-state index in [0.717, 1.165) is 44.8 Å². The molecule has 0 aromatic heterocycles. The third-order valence-corrected chi connectivity index (χ3v) is 5.40. The average molecular weight is 330 g/mol. The van der Waals surface area contributed by atoms with Gasteiger partial charge in [-0.3, -0.25) is 9.69 Å². The lowest BCUT2D eigenvalue weighted by molar-refractivity contribution is -0.124. The first-order chi connectivity index (χ1) is 11.8. The minimum atomic E-state index is 0.0641. The number of benzene rings is 1. The Labute approximate surface area is 143 Å². The number of rotatable bonds is 4. The molecule has 5 nitrogen and oxygen atoms in total. The number of carbonyl (C=O) groups excluding carboxylic acids is 1. The molecule has 0 N–H and O–H groups in total. The van der Waals surface area contributed by atoms with Crippen molar-refractivity contribution in [3.8, 4) is 0 Å². The molecule has 0 spiro atoms. The molecule has 0 aliphatic carbocycles. The maximum absolute atomic E-state index is 12.8. The van der Waals surface area contributed by atoms with Crippen molar-refractivity contribution in [2.45, 2.75) is 44.4 Å². The second-order valence-corrected chi connectivity index (χ2v) is 7.05. The normalized spacial score (nSPS) is 26.9. The highest BCUT2D eigenvalue weighted by molar-refractivity contribution is 5.95. The molecule has 24 heavy (non-hydrogen) atoms. The number of nitrogens with zero attached hydrogens (tertiary/aromatic N) is 2. The first kappa shape index (κ1) is 16.1. The molecular formula is C19H26N2O3. The van der Waals surface area contributed by atoms with E-state index in [2.05, 4.69) is 23.1 Å². The van der Waals surface area contributed by atoms with Crippen LogP contribution in [0, 0.1) is 0 Å². The molecule has 0 radical (unpaired) electrons. The van der Waals surface area contributed by atoms with Gasteiger partial charge >= 0.3 is 0 Å². The zero-order valence-corrected chi connectivity index (χ0v) is 14.2. The van der Waals surface area contributed by atoms with E-state index >= 15 is 0 Å². The van der Waals surface area contributed by atoms with Gasteiger partial charge in [0.05, 0.1) is 12.7 Å². The molecule has 3 aliphatic rings. The molecule has 1 aromatic rings. The monoisotopic (exact) mass is 330 g/mol. The summed E-state index contributed by atoms with van der Waals surface area (Å²) in [4.78, 5) is 17.3. The fraction of sp³-hybridized carbons (Fsp3) is 0.632. The summed E-state index contributed by atoms with van der Waals surface area (Å²) in [6.45, 7) is 4.34. The Morgan fingerprint density at radius 2 is 2.17 bits per heavy atom. The van der Waals surface area contributed by atoms with Gasteiger partial charge < -0.3 is 14.4 Å². The first-order valence-electron chi connectivity index (χ1n) is 9.13. The fourth-order valence-corrected chi connectivity index (χ4v) is 4.11. The van der Waals surface area contributed by atoms with Gasteiger partial charge in [-0.25, -0.2) is 0 Å². The molecular weight excluding hydrogens is 304 g/mol. The fourth-order valence-electron chi connectivity index (χ4n) is 4.11. The molecule has 2 atom stereocenters. The van der Waals surface area contributed by atoms with E-state index in [4.69, 9.17) is 9.47 Å². The summed E-state index contributed by atoms with van der Waals surface area (Å²) >= 11 is 0. The number of amides is 1. The third kappa shape index (κ3) is 3.34. The van der Waals surface area contributed by atoms with Gasteiger partial charge in [-0.15, -0.1) is 0 Å². The quantitative estimate of drug-likeness (QED) is 0.849. The molecule has 4 rings (SSSR count). The van der Waals surface area contributed by atoms with Crippen molar-refractivity contribution in [3.63, 3.8) is 0 Å². The highest BCUT2D eigenvalue weighted by Crippen LogP contribution is 2.31. The third-order valence-electron chi connectivity index (χ3n) is 5.40. The molecule has 3 aliphatic heterocycles. The molecule has 2 saturated heterocycles. The second kappa shape index (κ2) is 7.21. The smallest absolute Gasteiger partial charge is 0.253 e. The van der Waals surface area contributed by atoms with Crippen LogP contribution in [0.1, 0.15) is 31.2 Å². The summed E-state index contributed by atoms with van der Waals surface area (Å²) < 4.78 is 11.2. The van der Waals surface area contributed by atoms with Crippen LogP contribution in [0.2, 0.25) is 0 Å². The summed E-state index contributed by atoms with van der Waals surface area (Å²) in [5.74, 6) is 0.0641. The molecule has 1 aromatic carbocycles. The molecule has 2 fully saturated rings. The maximum atomic E-state index is 12.8. The van der Waals surface area contributed by atoms with Gasteiger partial charge in [-0.1, -0.05) is 18.2 Å². The standard InChI is InChI=1S/C19H26N2O3/c22-19(14-23-13-17-7-4-10-24-17)21-12-16-6-3-9-20(16)11-15-5-1-2-8-18(15)21/h1-2,5,8,16-17H,3-4,6-7,9-14H2/t16-,17+/m0/s1. The molecule has 1 amide bonds. The van der Waals surface area contributed by atoms with E-state index in [0.29, 0.717) is 12.6 Å². The van der Waals surface area contributed by atoms with E-state index in [9.17, 15) is 4.79 Å². The van der Waals surface area contributed by atoms with Crippen molar-refractivity contribution in [1.29, 1.82) is 0 Å². The Kier molecular flexibility index (Phi) is 4.83. The van der Waals surface area contributed by atoms with Crippen LogP contribution >= 0.6 is 0 Å². The van der Waals surface area contributed by atoms with Crippen LogP contribution in [0.3, 0.4) is 0 Å². The van der Waals surface area contributed by atoms with Gasteiger partial charge in [-0.05, 0) is 43.9 Å². The molecule has 0 unspecified atom stereocenters. The number of para-hydroxylation sites is 1. The second-order valence-electron chi connectivity index (χ2n) is 7.05. The van der Waals surface area contributed by atoms with Crippen molar-refractivity contribution < 1.29 is 14.3 Å². The predicted octanol–water partition coefficient (Wildman–Crippen LogP) is 2.19. The Bertz CT molecular complexity index is 586. The van der Waals surface area contributed by atoms with Crippen LogP contribution in [0.25, 0.3) is 0 Å². The van der Waals surface area contributed by atoms with E-state index in [-0.39, 0.29) is 18.6 Å². The number of fused-ring (bicyclic) bond motifs is 2. The number of carbonyl (C=O) groups is 1. The van der Waals surface area contributed by atoms with E-state index in [1.807, 2.05) is 11.0 Å². The number of ether oxygens (including phenoxy) is 2. The highest BCUT2D eigenvalue weighted by Gasteiger charge is 2.33. The first-order valence-corrected chi connectivity index (χ1v) is 9.13. The van der Waals surface area contributed by atoms with Gasteiger partial charge in [0, 0.05) is 31.4 Å². The van der Waals surface area contributed by atoms with E-state index in [1.54, 1.807) is 0 Å². The van der Waals surface area contributed by atoms with E-state index < -0.39 is 0 Å². The summed E-state index contributed by atoms with van der Waals surface area (Å²) in [6, 6.07) is 8.76. The number of anilines is 1. The Morgan fingerprint density at radius 1 is 1.25 bits per heavy atom. The van der Waals surface area contributed by atoms with Gasteiger partial charge in [-0.2, -0.15) is 0 Å². The summed E-state index contributed by atoms with van der Waals surface area (Å²) in [7, 11) is 0. The van der Waals surface area contributed by atoms with Crippen LogP contribution in [0.4, 0.5) is 5.69 Å². The molecule has 130 valence electrons. The lowest BCUT2D eigenvalue weighted by Crippen LogP contribution is -2.42. The zero-order chi connectivity index (χ0) is 16.4. The van der Waals surface area contributed by atoms with Gasteiger partial charge in [0.15, 0.2) is 0 Å². The molecule has 0 saturated carbocycles. The van der Waals surface area contributed by atoms with Crippen molar-refractivity contribution in [2.24, 2.45) is 0 Å². The van der Waals surface area contributed by atoms with Crippen molar-refractivity contribution >= 4 is 11.6 Å². The van der Waals surface area contributed by atoms with Crippen molar-refractivity contribution in [3.05, 3.63) is 29.8 Å². The van der Waals surface area contributed by atoms with Crippen molar-refractivity contribution in [1.82, 2.24) is 4.90 Å². The van der Waals surface area contributed by atoms with Crippen LogP contribution in [-0.2, 0) is 20.8 Å². The summed E-state index contributed by atoms with van der Waals surface area (Å²) in [5, 5.41) is 0. The van der Waals surface area contributed by atoms with Crippen LogP contribution in [0.15, 0.2) is 24.3 Å². The minimum Gasteiger partial charge on any atom is -0.376 e. The summed E-state index contributed by atoms with van der Waals surface area (Å²) in [6.07, 6.45) is 4.70. The average Bonchev–Trinajstić information content (AvgIpc) is 3.23. The Hall–Kier alpha value is -1.43. The highest BCUT2D eigenvalue weighted by atomic mass is 16.5. The van der Waals surface area contributed by atoms with Crippen LogP contribution in [-0.4, -0.2) is 55.9 Å². The number of hydrogen-bond donors (Lipinski definition) is 0. The number of hydrogen-bond acceptors (Lipinski definition) is 4. The summed E-state index contributed by atoms with van der Waals surface area (Å²) in [5.41, 5.74) is 2.30. The lowest BCUT2D eigenvalue weighted by Gasteiger charge is -2.26. The SMILES string of the molecule is O=C(COC[C@H]1CCCO1)N1C[C@@H]2CCCN2Cc2ccccc21. The van der Waals surface area contributed by atoms with Crippen LogP contribution < -0.4 is 4.90 Å². The van der Waals surface area contributed by atoms with Gasteiger partial charge in [0.1, 0.15) is 6.61 Å². The van der Waals surface area contributed by atoms with Crippen LogP contribution in [0.5, 0.6) is 0 Å². The molecule has 0 bridgehead atoms. The molecule has 3 heterocycles. The largest absolute Gasteiger partial charge is 0.376 e. The van der Waals surface area contributed by atoms with E-state index in [1.165, 1.54) is 18.4 Å². The minimum absolute atomic E-state index is 0.0641. The van der Waals surface area contributed by atoms with Crippen molar-refractivity contribution in [2.75, 3.05) is 37.8 Å².